The summed E-state index contributed by atoms with van der Waals surface area (Å²) in [5.41, 5.74) is 0. The number of nitrogens with one attached hydrogen (secondary N) is 2. The van der Waals surface area contributed by atoms with Crippen molar-refractivity contribution in [2.75, 3.05) is 45.9 Å². The second kappa shape index (κ2) is 8.88. The molecule has 0 bridgehead atoms. The molecule has 1 aliphatic heterocycles. The first-order valence-corrected chi connectivity index (χ1v) is 6.57. The van der Waals surface area contributed by atoms with Crippen LogP contribution in [0.25, 0.3) is 0 Å². The predicted octanol–water partition coefficient (Wildman–Crippen LogP) is -0.649. The molecule has 0 radical (unpaired) electrons. The Morgan fingerprint density at radius 2 is 1.89 bits per heavy atom. The lowest BCUT2D eigenvalue weighted by Crippen LogP contribution is -2.42. The number of nitrogens with zero attached hydrogens (tertiary/aromatic N) is 1. The number of ether oxygens (including phenoxy) is 1. The summed E-state index contributed by atoms with van der Waals surface area (Å²) in [5.74, 6) is 0.0796. The molecule has 2 N–H and O–H groups in total. The largest absolute Gasteiger partial charge is 0.378 e. The quantitative estimate of drug-likeness (QED) is 0.595. The van der Waals surface area contributed by atoms with E-state index in [2.05, 4.69) is 10.6 Å². The first kappa shape index (κ1) is 14.9. The first-order chi connectivity index (χ1) is 8.74. The highest BCUT2D eigenvalue weighted by Crippen LogP contribution is 1.99. The minimum Gasteiger partial charge on any atom is -0.378 e. The fraction of sp³-hybridized carbons (Fsp3) is 0.833. The molecule has 6 nitrogen and oxygen atoms in total. The normalized spacial score (nSPS) is 15.5. The van der Waals surface area contributed by atoms with Crippen molar-refractivity contribution in [1.29, 1.82) is 0 Å². The number of rotatable bonds is 7. The molecule has 0 spiro atoms. The maximum atomic E-state index is 11.7. The Morgan fingerprint density at radius 3 is 2.56 bits per heavy atom. The smallest absolute Gasteiger partial charge is 0.224 e. The van der Waals surface area contributed by atoms with Crippen LogP contribution in [-0.2, 0) is 14.3 Å². The van der Waals surface area contributed by atoms with Crippen LogP contribution in [0.3, 0.4) is 0 Å². The molecule has 1 fully saturated rings. The molecular weight excluding hydrogens is 234 g/mol. The van der Waals surface area contributed by atoms with Crippen LogP contribution in [0.5, 0.6) is 0 Å². The maximum Gasteiger partial charge on any atom is 0.224 e. The van der Waals surface area contributed by atoms with Gasteiger partial charge in [0.1, 0.15) is 0 Å². The van der Waals surface area contributed by atoms with E-state index in [4.69, 9.17) is 4.74 Å². The Kier molecular flexibility index (Phi) is 7.36. The number of amides is 2. The van der Waals surface area contributed by atoms with Gasteiger partial charge in [-0.15, -0.1) is 0 Å². The third-order valence-corrected chi connectivity index (χ3v) is 2.80. The molecule has 1 heterocycles. The number of carbonyl (C=O) groups is 2. The van der Waals surface area contributed by atoms with Crippen LogP contribution < -0.4 is 10.6 Å². The zero-order valence-corrected chi connectivity index (χ0v) is 11.0. The van der Waals surface area contributed by atoms with E-state index in [0.29, 0.717) is 52.2 Å². The molecule has 0 aromatic heterocycles. The van der Waals surface area contributed by atoms with E-state index in [1.165, 1.54) is 0 Å². The Balaban J connectivity index is 2.05. The van der Waals surface area contributed by atoms with Crippen molar-refractivity contribution >= 4 is 11.8 Å². The number of hydrogen-bond acceptors (Lipinski definition) is 4. The van der Waals surface area contributed by atoms with Crippen molar-refractivity contribution in [1.82, 2.24) is 15.5 Å². The molecule has 1 aliphatic rings. The summed E-state index contributed by atoms with van der Waals surface area (Å²) < 4.78 is 5.18. The van der Waals surface area contributed by atoms with Gasteiger partial charge in [0.25, 0.3) is 0 Å². The molecule has 6 heteroatoms. The van der Waals surface area contributed by atoms with Crippen LogP contribution in [0.15, 0.2) is 0 Å². The zero-order chi connectivity index (χ0) is 13.2. The van der Waals surface area contributed by atoms with Gasteiger partial charge in [-0.05, 0) is 6.54 Å². The van der Waals surface area contributed by atoms with Gasteiger partial charge in [-0.25, -0.2) is 0 Å². The van der Waals surface area contributed by atoms with Crippen molar-refractivity contribution in [3.63, 3.8) is 0 Å². The number of hydrogen-bond donors (Lipinski definition) is 2. The molecule has 104 valence electrons. The molecule has 0 atom stereocenters. The minimum atomic E-state index is -0.00859. The summed E-state index contributed by atoms with van der Waals surface area (Å²) in [5, 5.41) is 5.83. The number of morpholine rings is 1. The van der Waals surface area contributed by atoms with E-state index >= 15 is 0 Å². The Labute approximate surface area is 108 Å². The molecule has 0 saturated carbocycles. The van der Waals surface area contributed by atoms with Crippen LogP contribution in [-0.4, -0.2) is 62.7 Å². The second-order valence-corrected chi connectivity index (χ2v) is 4.20. The van der Waals surface area contributed by atoms with Crippen molar-refractivity contribution in [2.24, 2.45) is 0 Å². The van der Waals surface area contributed by atoms with Gasteiger partial charge in [0.15, 0.2) is 0 Å². The van der Waals surface area contributed by atoms with Gasteiger partial charge in [0.2, 0.25) is 11.8 Å². The average molecular weight is 257 g/mol. The molecule has 1 rings (SSSR count). The Morgan fingerprint density at radius 1 is 1.17 bits per heavy atom. The van der Waals surface area contributed by atoms with Gasteiger partial charge >= 0.3 is 0 Å². The number of carbonyl (C=O) groups excluding carboxylic acids is 2. The van der Waals surface area contributed by atoms with Gasteiger partial charge in [-0.3, -0.25) is 9.59 Å². The standard InChI is InChI=1S/C12H23N3O3/c1-2-13-5-3-11(16)14-6-4-12(17)15-7-9-18-10-8-15/h13H,2-10H2,1H3,(H,14,16). The van der Waals surface area contributed by atoms with Gasteiger partial charge in [0.05, 0.1) is 13.2 Å². The van der Waals surface area contributed by atoms with E-state index in [1.54, 1.807) is 4.90 Å². The van der Waals surface area contributed by atoms with Crippen molar-refractivity contribution in [3.05, 3.63) is 0 Å². The van der Waals surface area contributed by atoms with Crippen LogP contribution in [0.2, 0.25) is 0 Å². The van der Waals surface area contributed by atoms with Crippen LogP contribution in [0, 0.1) is 0 Å². The van der Waals surface area contributed by atoms with Crippen LogP contribution in [0.1, 0.15) is 19.8 Å². The molecule has 0 unspecified atom stereocenters. The van der Waals surface area contributed by atoms with E-state index in [9.17, 15) is 9.59 Å². The molecule has 0 aliphatic carbocycles. The molecule has 0 aromatic rings. The van der Waals surface area contributed by atoms with E-state index in [1.807, 2.05) is 6.92 Å². The van der Waals surface area contributed by atoms with Crippen LogP contribution in [0.4, 0.5) is 0 Å². The maximum absolute atomic E-state index is 11.7. The Hall–Kier alpha value is -1.14. The minimum absolute atomic E-state index is 0.00859. The summed E-state index contributed by atoms with van der Waals surface area (Å²) in [7, 11) is 0. The molecule has 0 aromatic carbocycles. The lowest BCUT2D eigenvalue weighted by atomic mass is 10.3. The summed E-state index contributed by atoms with van der Waals surface area (Å²) in [6.07, 6.45) is 0.826. The summed E-state index contributed by atoms with van der Waals surface area (Å²) in [6, 6.07) is 0. The molecule has 2 amide bonds. The van der Waals surface area contributed by atoms with E-state index in [0.717, 1.165) is 6.54 Å². The van der Waals surface area contributed by atoms with Crippen LogP contribution >= 0.6 is 0 Å². The lowest BCUT2D eigenvalue weighted by molar-refractivity contribution is -0.135. The lowest BCUT2D eigenvalue weighted by Gasteiger charge is -2.26. The molecular formula is C12H23N3O3. The summed E-state index contributed by atoms with van der Waals surface area (Å²) in [6.45, 7) is 6.50. The predicted molar refractivity (Wildman–Crippen MR) is 68.2 cm³/mol. The fourth-order valence-corrected chi connectivity index (χ4v) is 1.75. The van der Waals surface area contributed by atoms with Gasteiger partial charge in [-0.1, -0.05) is 6.92 Å². The molecule has 18 heavy (non-hydrogen) atoms. The monoisotopic (exact) mass is 257 g/mol. The first-order valence-electron chi connectivity index (χ1n) is 6.57. The van der Waals surface area contributed by atoms with E-state index in [-0.39, 0.29) is 11.8 Å². The van der Waals surface area contributed by atoms with Crippen molar-refractivity contribution < 1.29 is 14.3 Å². The third-order valence-electron chi connectivity index (χ3n) is 2.80. The highest BCUT2D eigenvalue weighted by Gasteiger charge is 2.16. The SMILES string of the molecule is CCNCCC(=O)NCCC(=O)N1CCOCC1. The highest BCUT2D eigenvalue weighted by molar-refractivity contribution is 5.79. The van der Waals surface area contributed by atoms with Gasteiger partial charge in [0, 0.05) is 39.0 Å². The fourth-order valence-electron chi connectivity index (χ4n) is 1.75. The van der Waals surface area contributed by atoms with Gasteiger partial charge in [-0.2, -0.15) is 0 Å². The average Bonchev–Trinajstić information content (AvgIpc) is 2.40. The Bertz CT molecular complexity index is 265. The van der Waals surface area contributed by atoms with Crippen molar-refractivity contribution in [2.45, 2.75) is 19.8 Å². The zero-order valence-electron chi connectivity index (χ0n) is 11.0. The topological polar surface area (TPSA) is 70.7 Å². The van der Waals surface area contributed by atoms with E-state index < -0.39 is 0 Å². The summed E-state index contributed by atoms with van der Waals surface area (Å²) >= 11 is 0. The molecule has 1 saturated heterocycles. The van der Waals surface area contributed by atoms with Gasteiger partial charge < -0.3 is 20.3 Å². The van der Waals surface area contributed by atoms with Crippen molar-refractivity contribution in [3.8, 4) is 0 Å². The second-order valence-electron chi connectivity index (χ2n) is 4.20. The summed E-state index contributed by atoms with van der Waals surface area (Å²) in [4.78, 5) is 24.9. The third kappa shape index (κ3) is 5.97. The highest BCUT2D eigenvalue weighted by atomic mass is 16.5.